The summed E-state index contributed by atoms with van der Waals surface area (Å²) in [7, 11) is 0. The van der Waals surface area contributed by atoms with E-state index in [2.05, 4.69) is 10.6 Å². The first-order valence-electron chi connectivity index (χ1n) is 14.2. The second kappa shape index (κ2) is 15.1. The molecule has 0 saturated carbocycles. The van der Waals surface area contributed by atoms with Crippen LogP contribution in [-0.2, 0) is 23.8 Å². The molecule has 8 N–H and O–H groups in total. The molecule has 0 heterocycles. The average Bonchev–Trinajstić information content (AvgIpc) is 3.06. The molecule has 0 unspecified atom stereocenters. The standard InChI is InChI=1S/C34H33N5O8/c1-34(18-45-31(42)23-11-5-7-13-26(23)35,19-46-32(43)24-12-6-8-14-27(24)36)20-47-33(44)25-16-15-22(17-28(25)37)39-30(41)29(40)38-21-9-3-2-4-10-21/h2-17H,18-20,35-37H2,1H3,(H,38,40)(H,39,41). The van der Waals surface area contributed by atoms with Gasteiger partial charge in [0, 0.05) is 28.4 Å². The van der Waals surface area contributed by atoms with Crippen LogP contribution in [0.15, 0.2) is 97.1 Å². The number of para-hydroxylation sites is 3. The molecule has 0 spiro atoms. The summed E-state index contributed by atoms with van der Waals surface area (Å²) in [6, 6.07) is 25.1. The van der Waals surface area contributed by atoms with Crippen molar-refractivity contribution in [3.05, 3.63) is 114 Å². The van der Waals surface area contributed by atoms with Crippen molar-refractivity contribution in [1.29, 1.82) is 0 Å². The molecule has 2 amide bonds. The molecule has 0 saturated heterocycles. The lowest BCUT2D eigenvalue weighted by atomic mass is 9.94. The third kappa shape index (κ3) is 9.08. The summed E-state index contributed by atoms with van der Waals surface area (Å²) < 4.78 is 16.5. The zero-order valence-corrected chi connectivity index (χ0v) is 25.4. The van der Waals surface area contributed by atoms with Gasteiger partial charge in [0.25, 0.3) is 0 Å². The Hall–Kier alpha value is -6.37. The van der Waals surface area contributed by atoms with E-state index in [0.29, 0.717) is 5.69 Å². The molecule has 0 radical (unpaired) electrons. The lowest BCUT2D eigenvalue weighted by Crippen LogP contribution is -2.37. The zero-order valence-electron chi connectivity index (χ0n) is 25.4. The van der Waals surface area contributed by atoms with E-state index in [4.69, 9.17) is 31.4 Å². The Morgan fingerprint density at radius 2 is 0.936 bits per heavy atom. The molecule has 13 nitrogen and oxygen atoms in total. The number of anilines is 5. The van der Waals surface area contributed by atoms with Gasteiger partial charge in [-0.15, -0.1) is 0 Å². The molecule has 4 rings (SSSR count). The Morgan fingerprint density at radius 3 is 1.38 bits per heavy atom. The van der Waals surface area contributed by atoms with Gasteiger partial charge in [-0.25, -0.2) is 14.4 Å². The topological polar surface area (TPSA) is 215 Å². The number of hydrogen-bond acceptors (Lipinski definition) is 11. The normalized spacial score (nSPS) is 10.7. The van der Waals surface area contributed by atoms with Crippen molar-refractivity contribution in [3.63, 3.8) is 0 Å². The second-order valence-electron chi connectivity index (χ2n) is 10.8. The molecule has 0 fully saturated rings. The molecule has 0 aliphatic heterocycles. The van der Waals surface area contributed by atoms with Crippen molar-refractivity contribution in [1.82, 2.24) is 0 Å². The van der Waals surface area contributed by atoms with Crippen molar-refractivity contribution in [2.45, 2.75) is 6.92 Å². The van der Waals surface area contributed by atoms with E-state index < -0.39 is 35.1 Å². The lowest BCUT2D eigenvalue weighted by Gasteiger charge is -2.28. The fraction of sp³-hybridized carbons (Fsp3) is 0.147. The van der Waals surface area contributed by atoms with Crippen molar-refractivity contribution < 1.29 is 38.2 Å². The average molecular weight is 640 g/mol. The Bertz CT molecular complexity index is 1730. The number of esters is 3. The highest BCUT2D eigenvalue weighted by Crippen LogP contribution is 2.25. The number of amides is 2. The summed E-state index contributed by atoms with van der Waals surface area (Å²) in [6.07, 6.45) is 0. The summed E-state index contributed by atoms with van der Waals surface area (Å²) in [5, 5.41) is 4.88. The number of ether oxygens (including phenoxy) is 3. The first-order chi connectivity index (χ1) is 22.5. The van der Waals surface area contributed by atoms with Gasteiger partial charge < -0.3 is 42.0 Å². The van der Waals surface area contributed by atoms with Gasteiger partial charge in [0.05, 0.1) is 22.1 Å². The lowest BCUT2D eigenvalue weighted by molar-refractivity contribution is -0.132. The van der Waals surface area contributed by atoms with E-state index in [1.807, 2.05) is 0 Å². The Morgan fingerprint density at radius 1 is 0.532 bits per heavy atom. The predicted molar refractivity (Wildman–Crippen MR) is 175 cm³/mol. The van der Waals surface area contributed by atoms with Crippen LogP contribution in [0, 0.1) is 5.41 Å². The van der Waals surface area contributed by atoms with Gasteiger partial charge >= 0.3 is 29.7 Å². The molecule has 47 heavy (non-hydrogen) atoms. The van der Waals surface area contributed by atoms with Gasteiger partial charge in [0.15, 0.2) is 0 Å². The van der Waals surface area contributed by atoms with Crippen LogP contribution in [0.5, 0.6) is 0 Å². The number of carbonyl (C=O) groups excluding carboxylic acids is 5. The van der Waals surface area contributed by atoms with E-state index in [1.54, 1.807) is 73.7 Å². The van der Waals surface area contributed by atoms with Crippen molar-refractivity contribution in [3.8, 4) is 0 Å². The third-order valence-electron chi connectivity index (χ3n) is 6.78. The number of nitrogens with one attached hydrogen (secondary N) is 2. The van der Waals surface area contributed by atoms with Gasteiger partial charge in [0.2, 0.25) is 0 Å². The Balaban J connectivity index is 1.42. The van der Waals surface area contributed by atoms with Crippen molar-refractivity contribution >= 4 is 58.2 Å². The molecular formula is C34H33N5O8. The number of rotatable bonds is 11. The first kappa shape index (κ1) is 33.5. The Kier molecular flexibility index (Phi) is 10.8. The van der Waals surface area contributed by atoms with Crippen molar-refractivity contribution in [2.75, 3.05) is 47.7 Å². The van der Waals surface area contributed by atoms with E-state index in [0.717, 1.165) is 0 Å². The number of nitrogen functional groups attached to an aromatic ring is 3. The van der Waals surface area contributed by atoms with Crippen LogP contribution < -0.4 is 27.8 Å². The summed E-state index contributed by atoms with van der Waals surface area (Å²) in [6.45, 7) is 0.581. The summed E-state index contributed by atoms with van der Waals surface area (Å²) >= 11 is 0. The number of benzene rings is 4. The molecule has 0 atom stereocenters. The summed E-state index contributed by atoms with van der Waals surface area (Å²) in [4.78, 5) is 63.2. The fourth-order valence-corrected chi connectivity index (χ4v) is 4.17. The van der Waals surface area contributed by atoms with Crippen LogP contribution in [0.2, 0.25) is 0 Å². The van der Waals surface area contributed by atoms with Gasteiger partial charge in [-0.05, 0) is 61.5 Å². The van der Waals surface area contributed by atoms with Crippen LogP contribution in [0.1, 0.15) is 38.0 Å². The molecule has 0 bridgehead atoms. The molecule has 0 aliphatic rings. The van der Waals surface area contributed by atoms with Crippen LogP contribution in [-0.4, -0.2) is 49.5 Å². The highest BCUT2D eigenvalue weighted by atomic mass is 16.6. The van der Waals surface area contributed by atoms with E-state index >= 15 is 0 Å². The molecule has 4 aromatic carbocycles. The fourth-order valence-electron chi connectivity index (χ4n) is 4.17. The first-order valence-corrected chi connectivity index (χ1v) is 14.2. The molecule has 242 valence electrons. The van der Waals surface area contributed by atoms with E-state index in [-0.39, 0.29) is 59.3 Å². The summed E-state index contributed by atoms with van der Waals surface area (Å²) in [5.74, 6) is -4.13. The van der Waals surface area contributed by atoms with Gasteiger partial charge in [-0.2, -0.15) is 0 Å². The minimum Gasteiger partial charge on any atom is -0.461 e. The molecular weight excluding hydrogens is 606 g/mol. The second-order valence-corrected chi connectivity index (χ2v) is 10.8. The van der Waals surface area contributed by atoms with Gasteiger partial charge in [-0.1, -0.05) is 42.5 Å². The summed E-state index contributed by atoms with van der Waals surface area (Å²) in [5.41, 5.74) is 17.9. The minimum atomic E-state index is -1.22. The predicted octanol–water partition coefficient (Wildman–Crippen LogP) is 3.89. The molecule has 0 aromatic heterocycles. The smallest absolute Gasteiger partial charge is 0.340 e. The maximum Gasteiger partial charge on any atom is 0.340 e. The van der Waals surface area contributed by atoms with Crippen LogP contribution >= 0.6 is 0 Å². The quantitative estimate of drug-likeness (QED) is 0.0687. The highest BCUT2D eigenvalue weighted by molar-refractivity contribution is 6.43. The van der Waals surface area contributed by atoms with Crippen LogP contribution in [0.25, 0.3) is 0 Å². The van der Waals surface area contributed by atoms with Crippen LogP contribution in [0.4, 0.5) is 28.4 Å². The molecule has 0 aliphatic carbocycles. The van der Waals surface area contributed by atoms with Crippen LogP contribution in [0.3, 0.4) is 0 Å². The van der Waals surface area contributed by atoms with Gasteiger partial charge in [0.1, 0.15) is 19.8 Å². The van der Waals surface area contributed by atoms with Gasteiger partial charge in [-0.3, -0.25) is 9.59 Å². The minimum absolute atomic E-state index is 0.0396. The number of hydrogen-bond donors (Lipinski definition) is 5. The monoisotopic (exact) mass is 639 g/mol. The maximum atomic E-state index is 13.1. The maximum absolute atomic E-state index is 13.1. The molecule has 13 heteroatoms. The van der Waals surface area contributed by atoms with E-state index in [9.17, 15) is 24.0 Å². The Labute approximate surface area is 270 Å². The van der Waals surface area contributed by atoms with E-state index in [1.165, 1.54) is 30.3 Å². The highest BCUT2D eigenvalue weighted by Gasteiger charge is 2.32. The van der Waals surface area contributed by atoms with Crippen molar-refractivity contribution in [2.24, 2.45) is 5.41 Å². The molecule has 4 aromatic rings. The third-order valence-corrected chi connectivity index (χ3v) is 6.78. The largest absolute Gasteiger partial charge is 0.461 e. The SMILES string of the molecule is CC(COC(=O)c1ccccc1N)(COC(=O)c1ccccc1N)COC(=O)c1ccc(NC(=O)C(=O)Nc2ccccc2)cc1N. The number of carbonyl (C=O) groups is 5. The number of nitrogens with two attached hydrogens (primary N) is 3. The zero-order chi connectivity index (χ0) is 34.0.